The van der Waals surface area contributed by atoms with E-state index >= 15 is 0 Å². The Kier molecular flexibility index (Phi) is 6.46. The SMILES string of the molecule is CC(C)OC(=O)c1c(NC(=O)CSC2=NCCS2)sc2c1CCCC2. The molecule has 0 spiro atoms. The van der Waals surface area contributed by atoms with Crippen LogP contribution in [-0.2, 0) is 22.4 Å². The summed E-state index contributed by atoms with van der Waals surface area (Å²) in [5, 5.41) is 3.58. The van der Waals surface area contributed by atoms with E-state index in [2.05, 4.69) is 10.3 Å². The molecular formula is C17H22N2O3S3. The fourth-order valence-corrected chi connectivity index (χ4v) is 5.94. The lowest BCUT2D eigenvalue weighted by molar-refractivity contribution is -0.113. The second-order valence-corrected chi connectivity index (χ2v) is 9.61. The van der Waals surface area contributed by atoms with Gasteiger partial charge in [0, 0.05) is 10.6 Å². The van der Waals surface area contributed by atoms with Gasteiger partial charge in [-0.2, -0.15) is 0 Å². The highest BCUT2D eigenvalue weighted by Gasteiger charge is 2.28. The molecule has 0 saturated heterocycles. The van der Waals surface area contributed by atoms with Crippen LogP contribution in [0.3, 0.4) is 0 Å². The molecule has 0 aromatic carbocycles. The molecule has 136 valence electrons. The summed E-state index contributed by atoms with van der Waals surface area (Å²) in [7, 11) is 0. The largest absolute Gasteiger partial charge is 0.459 e. The molecule has 1 aromatic rings. The summed E-state index contributed by atoms with van der Waals surface area (Å²) in [6, 6.07) is 0. The summed E-state index contributed by atoms with van der Waals surface area (Å²) in [5.74, 6) is 0.880. The topological polar surface area (TPSA) is 67.8 Å². The van der Waals surface area contributed by atoms with Gasteiger partial charge >= 0.3 is 5.97 Å². The number of thiophene rings is 1. The average Bonchev–Trinajstić information content (AvgIpc) is 3.19. The first kappa shape index (κ1) is 18.8. The molecule has 25 heavy (non-hydrogen) atoms. The van der Waals surface area contributed by atoms with Crippen molar-refractivity contribution in [2.75, 3.05) is 23.4 Å². The highest BCUT2D eigenvalue weighted by molar-refractivity contribution is 8.39. The van der Waals surface area contributed by atoms with E-state index in [0.29, 0.717) is 16.3 Å². The Balaban J connectivity index is 1.73. The van der Waals surface area contributed by atoms with Gasteiger partial charge in [-0.3, -0.25) is 9.79 Å². The van der Waals surface area contributed by atoms with Gasteiger partial charge in [-0.1, -0.05) is 23.5 Å². The maximum Gasteiger partial charge on any atom is 0.341 e. The van der Waals surface area contributed by atoms with E-state index < -0.39 is 0 Å². The van der Waals surface area contributed by atoms with Crippen molar-refractivity contribution in [2.45, 2.75) is 45.6 Å². The highest BCUT2D eigenvalue weighted by Crippen LogP contribution is 2.39. The summed E-state index contributed by atoms with van der Waals surface area (Å²) in [6.45, 7) is 4.51. The van der Waals surface area contributed by atoms with Crippen molar-refractivity contribution in [3.8, 4) is 0 Å². The zero-order valence-corrected chi connectivity index (χ0v) is 16.9. The van der Waals surface area contributed by atoms with Crippen molar-refractivity contribution < 1.29 is 14.3 Å². The monoisotopic (exact) mass is 398 g/mol. The summed E-state index contributed by atoms with van der Waals surface area (Å²) in [5.41, 5.74) is 1.64. The number of hydrogen-bond donors (Lipinski definition) is 1. The molecule has 1 aliphatic carbocycles. The molecule has 5 nitrogen and oxygen atoms in total. The number of ether oxygens (including phenoxy) is 1. The van der Waals surface area contributed by atoms with Crippen LogP contribution in [-0.4, -0.2) is 40.4 Å². The van der Waals surface area contributed by atoms with Crippen LogP contribution >= 0.6 is 34.9 Å². The van der Waals surface area contributed by atoms with E-state index in [0.717, 1.165) is 47.9 Å². The second kappa shape index (κ2) is 8.60. The molecule has 1 aliphatic heterocycles. The average molecular weight is 399 g/mol. The number of anilines is 1. The van der Waals surface area contributed by atoms with E-state index in [1.54, 1.807) is 11.8 Å². The molecule has 0 unspecified atom stereocenters. The first-order chi connectivity index (χ1) is 12.0. The fraction of sp³-hybridized carbons (Fsp3) is 0.588. The van der Waals surface area contributed by atoms with Crippen molar-refractivity contribution in [1.29, 1.82) is 0 Å². The number of nitrogens with one attached hydrogen (secondary N) is 1. The lowest BCUT2D eigenvalue weighted by Gasteiger charge is -2.14. The van der Waals surface area contributed by atoms with Gasteiger partial charge in [-0.05, 0) is 45.1 Å². The minimum atomic E-state index is -0.326. The Labute approximate surface area is 160 Å². The number of carbonyl (C=O) groups excluding carboxylic acids is 2. The Hall–Kier alpha value is -0.990. The molecule has 1 amide bonds. The minimum absolute atomic E-state index is 0.0996. The van der Waals surface area contributed by atoms with Crippen LogP contribution in [0.1, 0.15) is 47.5 Å². The molecule has 2 heterocycles. The van der Waals surface area contributed by atoms with Crippen molar-refractivity contribution >= 4 is 56.1 Å². The van der Waals surface area contributed by atoms with E-state index in [-0.39, 0.29) is 18.0 Å². The normalized spacial score (nSPS) is 16.5. The lowest BCUT2D eigenvalue weighted by atomic mass is 9.95. The van der Waals surface area contributed by atoms with Crippen LogP contribution in [0, 0.1) is 0 Å². The third-order valence-electron chi connectivity index (χ3n) is 3.86. The first-order valence-corrected chi connectivity index (χ1v) is 11.3. The Morgan fingerprint density at radius 2 is 2.12 bits per heavy atom. The van der Waals surface area contributed by atoms with E-state index in [1.807, 2.05) is 13.8 Å². The Morgan fingerprint density at radius 1 is 1.32 bits per heavy atom. The van der Waals surface area contributed by atoms with Crippen molar-refractivity contribution in [3.05, 3.63) is 16.0 Å². The third-order valence-corrected chi connectivity index (χ3v) is 7.32. The third kappa shape index (κ3) is 4.80. The number of esters is 1. The van der Waals surface area contributed by atoms with Crippen LogP contribution in [0.2, 0.25) is 0 Å². The molecule has 3 rings (SSSR count). The molecule has 0 bridgehead atoms. The molecule has 2 aliphatic rings. The van der Waals surface area contributed by atoms with Crippen LogP contribution < -0.4 is 5.32 Å². The molecule has 1 N–H and O–H groups in total. The summed E-state index contributed by atoms with van der Waals surface area (Å²) in [6.07, 6.45) is 3.88. The van der Waals surface area contributed by atoms with Gasteiger partial charge in [0.25, 0.3) is 0 Å². The maximum atomic E-state index is 12.6. The van der Waals surface area contributed by atoms with Crippen molar-refractivity contribution in [3.63, 3.8) is 0 Å². The van der Waals surface area contributed by atoms with E-state index in [1.165, 1.54) is 28.0 Å². The van der Waals surface area contributed by atoms with Gasteiger partial charge in [-0.15, -0.1) is 11.3 Å². The molecule has 1 aromatic heterocycles. The summed E-state index contributed by atoms with van der Waals surface area (Å²) >= 11 is 4.68. The number of fused-ring (bicyclic) bond motifs is 1. The van der Waals surface area contributed by atoms with E-state index in [9.17, 15) is 9.59 Å². The molecule has 0 radical (unpaired) electrons. The first-order valence-electron chi connectivity index (χ1n) is 8.50. The zero-order valence-electron chi connectivity index (χ0n) is 14.4. The summed E-state index contributed by atoms with van der Waals surface area (Å²) in [4.78, 5) is 30.4. The van der Waals surface area contributed by atoms with Gasteiger partial charge in [0.1, 0.15) is 9.38 Å². The van der Waals surface area contributed by atoms with Crippen molar-refractivity contribution in [1.82, 2.24) is 0 Å². The molecule has 0 saturated carbocycles. The number of nitrogens with zero attached hydrogens (tertiary/aromatic N) is 1. The number of amides is 1. The van der Waals surface area contributed by atoms with Crippen LogP contribution in [0.25, 0.3) is 0 Å². The molecule has 0 fully saturated rings. The Bertz CT molecular complexity index is 698. The number of rotatable bonds is 5. The quantitative estimate of drug-likeness (QED) is 0.760. The standard InChI is InChI=1S/C17H22N2O3S3/c1-10(2)22-16(21)14-11-5-3-4-6-12(11)25-15(14)19-13(20)9-24-17-18-7-8-23-17/h10H,3-9H2,1-2H3,(H,19,20). The zero-order chi connectivity index (χ0) is 17.8. The predicted molar refractivity (Wildman–Crippen MR) is 107 cm³/mol. The predicted octanol–water partition coefficient (Wildman–Crippen LogP) is 3.97. The van der Waals surface area contributed by atoms with Gasteiger partial charge < -0.3 is 10.1 Å². The van der Waals surface area contributed by atoms with Crippen molar-refractivity contribution in [2.24, 2.45) is 4.99 Å². The summed E-state index contributed by atoms with van der Waals surface area (Å²) < 4.78 is 6.39. The molecular weight excluding hydrogens is 376 g/mol. The van der Waals surface area contributed by atoms with Gasteiger partial charge in [0.05, 0.1) is 24.0 Å². The lowest BCUT2D eigenvalue weighted by Crippen LogP contribution is -2.19. The Morgan fingerprint density at radius 3 is 2.84 bits per heavy atom. The molecule has 0 atom stereocenters. The van der Waals surface area contributed by atoms with E-state index in [4.69, 9.17) is 4.74 Å². The van der Waals surface area contributed by atoms with Gasteiger partial charge in [-0.25, -0.2) is 4.79 Å². The highest BCUT2D eigenvalue weighted by atomic mass is 32.2. The fourth-order valence-electron chi connectivity index (χ4n) is 2.84. The van der Waals surface area contributed by atoms with Crippen LogP contribution in [0.4, 0.5) is 5.00 Å². The van der Waals surface area contributed by atoms with Crippen LogP contribution in [0.15, 0.2) is 4.99 Å². The van der Waals surface area contributed by atoms with Gasteiger partial charge in [0.2, 0.25) is 5.91 Å². The number of aryl methyl sites for hydroxylation is 1. The van der Waals surface area contributed by atoms with Gasteiger partial charge in [0.15, 0.2) is 0 Å². The minimum Gasteiger partial charge on any atom is -0.459 e. The number of thioether (sulfide) groups is 2. The smallest absolute Gasteiger partial charge is 0.341 e. The number of aliphatic imine (C=N–C) groups is 1. The number of carbonyl (C=O) groups is 2. The number of hydrogen-bond acceptors (Lipinski definition) is 7. The maximum absolute atomic E-state index is 12.6. The molecule has 8 heteroatoms. The van der Waals surface area contributed by atoms with Crippen LogP contribution in [0.5, 0.6) is 0 Å². The second-order valence-electron chi connectivity index (χ2n) is 6.20.